The predicted octanol–water partition coefficient (Wildman–Crippen LogP) is 4.39. The van der Waals surface area contributed by atoms with Gasteiger partial charge in [-0.2, -0.15) is 0 Å². The number of oxazole rings is 1. The van der Waals surface area contributed by atoms with Gasteiger partial charge in [0.05, 0.1) is 12.0 Å². The summed E-state index contributed by atoms with van der Waals surface area (Å²) in [6.45, 7) is 0. The lowest BCUT2D eigenvalue weighted by Gasteiger charge is -2.08. The second kappa shape index (κ2) is 8.33. The lowest BCUT2D eigenvalue weighted by Crippen LogP contribution is -2.13. The summed E-state index contributed by atoms with van der Waals surface area (Å²) in [5.74, 6) is 0.103. The van der Waals surface area contributed by atoms with Crippen LogP contribution in [-0.2, 0) is 16.4 Å². The van der Waals surface area contributed by atoms with Crippen molar-refractivity contribution in [3.63, 3.8) is 0 Å². The van der Waals surface area contributed by atoms with E-state index in [0.717, 1.165) is 5.56 Å². The Morgan fingerprint density at radius 2 is 1.74 bits per heavy atom. The molecule has 0 unspecified atom stereocenters. The molecule has 6 nitrogen and oxygen atoms in total. The van der Waals surface area contributed by atoms with Crippen molar-refractivity contribution < 1.29 is 22.0 Å². The smallest absolute Gasteiger partial charge is 0.238 e. The van der Waals surface area contributed by atoms with Gasteiger partial charge in [-0.25, -0.2) is 22.9 Å². The fourth-order valence-electron chi connectivity index (χ4n) is 3.31. The van der Waals surface area contributed by atoms with E-state index in [1.165, 1.54) is 25.3 Å². The van der Waals surface area contributed by atoms with Gasteiger partial charge in [0.2, 0.25) is 10.0 Å². The highest BCUT2D eigenvalue weighted by molar-refractivity contribution is 7.89. The summed E-state index contributed by atoms with van der Waals surface area (Å²) >= 11 is 0. The monoisotopic (exact) mass is 438 g/mol. The number of ether oxygens (including phenoxy) is 1. The summed E-state index contributed by atoms with van der Waals surface area (Å²) in [4.78, 5) is 4.47. The first-order valence-corrected chi connectivity index (χ1v) is 10.9. The molecule has 4 aromatic rings. The molecule has 1 heterocycles. The normalized spacial score (nSPS) is 11.5. The Kier molecular flexibility index (Phi) is 5.58. The number of hydrogen-bond donors (Lipinski definition) is 1. The fraction of sp³-hybridized carbons (Fsp3) is 0.0870. The number of aromatic nitrogens is 1. The van der Waals surface area contributed by atoms with Gasteiger partial charge in [0.1, 0.15) is 5.69 Å². The molecule has 0 aliphatic rings. The van der Waals surface area contributed by atoms with Crippen molar-refractivity contribution in [3.05, 3.63) is 90.1 Å². The Bertz CT molecular complexity index is 1330. The van der Waals surface area contributed by atoms with Gasteiger partial charge < -0.3 is 9.15 Å². The average molecular weight is 438 g/mol. The molecule has 4 rings (SSSR count). The molecule has 0 spiro atoms. The van der Waals surface area contributed by atoms with E-state index in [0.29, 0.717) is 17.9 Å². The highest BCUT2D eigenvalue weighted by Crippen LogP contribution is 2.37. The molecule has 1 aromatic heterocycles. The third kappa shape index (κ3) is 4.35. The molecular weight excluding hydrogens is 419 g/mol. The summed E-state index contributed by atoms with van der Waals surface area (Å²) in [5, 5.41) is 5.41. The second-order valence-electron chi connectivity index (χ2n) is 6.84. The third-order valence-corrected chi connectivity index (χ3v) is 5.70. The third-order valence-electron chi connectivity index (χ3n) is 4.73. The second-order valence-corrected chi connectivity index (χ2v) is 8.37. The van der Waals surface area contributed by atoms with Crippen molar-refractivity contribution in [2.75, 3.05) is 7.11 Å². The van der Waals surface area contributed by atoms with Crippen LogP contribution in [0.2, 0.25) is 0 Å². The molecule has 0 bridgehead atoms. The van der Waals surface area contributed by atoms with Gasteiger partial charge >= 0.3 is 0 Å². The minimum absolute atomic E-state index is 0.0826. The van der Waals surface area contributed by atoms with Gasteiger partial charge in [0.25, 0.3) is 0 Å². The Morgan fingerprint density at radius 1 is 1.03 bits per heavy atom. The first-order valence-electron chi connectivity index (χ1n) is 9.36. The van der Waals surface area contributed by atoms with Crippen molar-refractivity contribution >= 4 is 10.0 Å². The maximum absolute atomic E-state index is 14.4. The number of primary sulfonamides is 1. The van der Waals surface area contributed by atoms with Crippen LogP contribution in [0.5, 0.6) is 5.75 Å². The molecule has 0 amide bonds. The molecule has 0 radical (unpaired) electrons. The number of nitrogens with two attached hydrogens (primary N) is 1. The number of benzene rings is 3. The van der Waals surface area contributed by atoms with Crippen LogP contribution < -0.4 is 9.88 Å². The van der Waals surface area contributed by atoms with Gasteiger partial charge in [-0.1, -0.05) is 48.5 Å². The molecule has 2 N–H and O–H groups in total. The number of methoxy groups -OCH3 is 1. The summed E-state index contributed by atoms with van der Waals surface area (Å²) < 4.78 is 49.7. The van der Waals surface area contributed by atoms with Crippen LogP contribution >= 0.6 is 0 Å². The highest BCUT2D eigenvalue weighted by atomic mass is 32.2. The van der Waals surface area contributed by atoms with Gasteiger partial charge in [0.15, 0.2) is 23.2 Å². The Labute approximate surface area is 179 Å². The zero-order valence-electron chi connectivity index (χ0n) is 16.6. The molecule has 158 valence electrons. The van der Waals surface area contributed by atoms with Crippen molar-refractivity contribution in [2.45, 2.75) is 11.3 Å². The number of sulfonamides is 1. The van der Waals surface area contributed by atoms with E-state index in [4.69, 9.17) is 14.3 Å². The first kappa shape index (κ1) is 20.8. The first-order chi connectivity index (χ1) is 14.9. The quantitative estimate of drug-likeness (QED) is 0.482. The minimum Gasteiger partial charge on any atom is -0.494 e. The van der Waals surface area contributed by atoms with Crippen LogP contribution in [0.4, 0.5) is 4.39 Å². The summed E-state index contributed by atoms with van der Waals surface area (Å²) in [6, 6.07) is 20.1. The summed E-state index contributed by atoms with van der Waals surface area (Å²) in [6.07, 6.45) is 0.379. The van der Waals surface area contributed by atoms with Gasteiger partial charge in [-0.15, -0.1) is 0 Å². The Hall–Kier alpha value is -3.49. The Balaban J connectivity index is 1.91. The topological polar surface area (TPSA) is 95.4 Å². The molecule has 8 heteroatoms. The summed E-state index contributed by atoms with van der Waals surface area (Å²) in [7, 11) is -2.65. The van der Waals surface area contributed by atoms with Crippen LogP contribution in [0.3, 0.4) is 0 Å². The largest absolute Gasteiger partial charge is 0.494 e. The lowest BCUT2D eigenvalue weighted by molar-refractivity contribution is 0.386. The molecular formula is C23H19FN2O4S. The molecule has 0 fully saturated rings. The van der Waals surface area contributed by atoms with E-state index in [2.05, 4.69) is 4.98 Å². The van der Waals surface area contributed by atoms with E-state index in [-0.39, 0.29) is 27.7 Å². The molecule has 3 aromatic carbocycles. The van der Waals surface area contributed by atoms with Gasteiger partial charge in [-0.3, -0.25) is 0 Å². The van der Waals surface area contributed by atoms with Crippen LogP contribution in [0.1, 0.15) is 11.5 Å². The number of hydrogen-bond acceptors (Lipinski definition) is 5. The zero-order chi connectivity index (χ0) is 22.0. The van der Waals surface area contributed by atoms with Crippen molar-refractivity contribution in [3.8, 4) is 28.3 Å². The number of rotatable bonds is 6. The van der Waals surface area contributed by atoms with E-state index in [1.807, 2.05) is 30.3 Å². The van der Waals surface area contributed by atoms with Crippen LogP contribution in [-0.4, -0.2) is 20.5 Å². The standard InChI is InChI=1S/C23H19FN2O4S/c1-29-19-12-11-16(14-18(19)24)23-22(17-9-5-6-10-20(17)31(25,27)28)26-21(30-23)13-15-7-3-2-4-8-15/h2-12,14H,13H2,1H3,(H2,25,27,28). The molecule has 0 aliphatic carbocycles. The van der Waals surface area contributed by atoms with Crippen molar-refractivity contribution in [2.24, 2.45) is 5.14 Å². The Morgan fingerprint density at radius 3 is 2.42 bits per heavy atom. The molecule has 0 saturated carbocycles. The maximum atomic E-state index is 14.4. The van der Waals surface area contributed by atoms with Crippen LogP contribution in [0, 0.1) is 5.82 Å². The van der Waals surface area contributed by atoms with E-state index in [9.17, 15) is 12.8 Å². The van der Waals surface area contributed by atoms with E-state index in [1.54, 1.807) is 24.3 Å². The summed E-state index contributed by atoms with van der Waals surface area (Å²) in [5.41, 5.74) is 1.89. The number of nitrogens with zero attached hydrogens (tertiary/aromatic N) is 1. The van der Waals surface area contributed by atoms with Crippen molar-refractivity contribution in [1.82, 2.24) is 4.98 Å². The maximum Gasteiger partial charge on any atom is 0.238 e. The van der Waals surface area contributed by atoms with Crippen molar-refractivity contribution in [1.29, 1.82) is 0 Å². The lowest BCUT2D eigenvalue weighted by atomic mass is 10.1. The molecule has 0 saturated heterocycles. The molecule has 31 heavy (non-hydrogen) atoms. The molecule has 0 aliphatic heterocycles. The van der Waals surface area contributed by atoms with Crippen LogP contribution in [0.15, 0.2) is 82.1 Å². The van der Waals surface area contributed by atoms with Gasteiger partial charge in [0, 0.05) is 17.5 Å². The SMILES string of the molecule is COc1ccc(-c2oc(Cc3ccccc3)nc2-c2ccccc2S(N)(=O)=O)cc1F. The predicted molar refractivity (Wildman–Crippen MR) is 115 cm³/mol. The highest BCUT2D eigenvalue weighted by Gasteiger charge is 2.23. The van der Waals surface area contributed by atoms with Crippen LogP contribution in [0.25, 0.3) is 22.6 Å². The molecule has 0 atom stereocenters. The van der Waals surface area contributed by atoms with E-state index >= 15 is 0 Å². The van der Waals surface area contributed by atoms with E-state index < -0.39 is 15.8 Å². The number of halogens is 1. The average Bonchev–Trinajstić information content (AvgIpc) is 3.17. The van der Waals surface area contributed by atoms with Gasteiger partial charge in [-0.05, 0) is 29.8 Å². The fourth-order valence-corrected chi connectivity index (χ4v) is 4.05. The minimum atomic E-state index is -4.02. The zero-order valence-corrected chi connectivity index (χ0v) is 17.4.